The number of rotatable bonds is 6. The number of hydrogen-bond donors (Lipinski definition) is 0. The fourth-order valence-corrected chi connectivity index (χ4v) is 3.87. The molecule has 0 spiro atoms. The van der Waals surface area contributed by atoms with Crippen LogP contribution in [0.4, 0.5) is 0 Å². The lowest BCUT2D eigenvalue weighted by molar-refractivity contribution is -0.151. The molecule has 4 nitrogen and oxygen atoms in total. The molecule has 2 aliphatic carbocycles. The highest BCUT2D eigenvalue weighted by Gasteiger charge is 2.92. The quantitative estimate of drug-likeness (QED) is 0.758. The van der Waals surface area contributed by atoms with Crippen molar-refractivity contribution in [3.8, 4) is 0 Å². The molecule has 0 amide bonds. The Hall–Kier alpha value is -1.84. The van der Waals surface area contributed by atoms with Gasteiger partial charge in [0, 0.05) is 5.41 Å². The van der Waals surface area contributed by atoms with E-state index in [4.69, 9.17) is 9.47 Å². The second-order valence-corrected chi connectivity index (χ2v) is 5.97. The summed E-state index contributed by atoms with van der Waals surface area (Å²) in [6.45, 7) is 6.45. The van der Waals surface area contributed by atoms with Crippen LogP contribution in [0.25, 0.3) is 0 Å². The summed E-state index contributed by atoms with van der Waals surface area (Å²) in [6.07, 6.45) is 0.972. The van der Waals surface area contributed by atoms with Crippen LogP contribution < -0.4 is 0 Å². The van der Waals surface area contributed by atoms with E-state index in [1.807, 2.05) is 12.1 Å². The molecule has 0 aliphatic heterocycles. The molecule has 0 saturated heterocycles. The summed E-state index contributed by atoms with van der Waals surface area (Å²) in [4.78, 5) is 24.2. The van der Waals surface area contributed by atoms with Crippen LogP contribution in [0.15, 0.2) is 24.3 Å². The Kier molecular flexibility index (Phi) is 3.71. The van der Waals surface area contributed by atoms with Gasteiger partial charge in [-0.1, -0.05) is 31.2 Å². The van der Waals surface area contributed by atoms with Gasteiger partial charge in [0.05, 0.1) is 25.0 Å². The van der Waals surface area contributed by atoms with Gasteiger partial charge in [0.2, 0.25) is 0 Å². The van der Waals surface area contributed by atoms with Crippen LogP contribution >= 0.6 is 0 Å². The maximum absolute atomic E-state index is 12.1. The smallest absolute Gasteiger partial charge is 0.310 e. The monoisotopic (exact) mass is 302 g/mol. The van der Waals surface area contributed by atoms with Gasteiger partial charge in [0.15, 0.2) is 0 Å². The van der Waals surface area contributed by atoms with Crippen LogP contribution in [-0.4, -0.2) is 25.2 Å². The summed E-state index contributed by atoms with van der Waals surface area (Å²) >= 11 is 0. The van der Waals surface area contributed by atoms with Crippen LogP contribution in [-0.2, 0) is 30.9 Å². The first-order valence-electron chi connectivity index (χ1n) is 8.05. The van der Waals surface area contributed by atoms with Crippen LogP contribution in [0.1, 0.15) is 31.9 Å². The van der Waals surface area contributed by atoms with Crippen molar-refractivity contribution in [3.05, 3.63) is 35.4 Å². The molecule has 0 radical (unpaired) electrons. The highest BCUT2D eigenvalue weighted by Crippen LogP contribution is 2.84. The molecule has 22 heavy (non-hydrogen) atoms. The van der Waals surface area contributed by atoms with E-state index in [1.54, 1.807) is 13.8 Å². The molecule has 1 aromatic carbocycles. The van der Waals surface area contributed by atoms with Crippen LogP contribution in [0.2, 0.25) is 0 Å². The van der Waals surface area contributed by atoms with E-state index in [-0.39, 0.29) is 35.1 Å². The van der Waals surface area contributed by atoms with E-state index < -0.39 is 0 Å². The van der Waals surface area contributed by atoms with E-state index in [2.05, 4.69) is 19.1 Å². The highest BCUT2D eigenvalue weighted by molar-refractivity contribution is 5.94. The average molecular weight is 302 g/mol. The Labute approximate surface area is 130 Å². The second kappa shape index (κ2) is 5.41. The molecule has 0 aromatic heterocycles. The largest absolute Gasteiger partial charge is 0.466 e. The average Bonchev–Trinajstić information content (AvgIpc) is 3.36. The lowest BCUT2D eigenvalue weighted by Crippen LogP contribution is -2.28. The molecule has 0 bridgehead atoms. The van der Waals surface area contributed by atoms with Crippen molar-refractivity contribution in [2.45, 2.75) is 32.6 Å². The Balaban J connectivity index is 1.84. The van der Waals surface area contributed by atoms with E-state index >= 15 is 0 Å². The third-order valence-electron chi connectivity index (χ3n) is 5.02. The Morgan fingerprint density at radius 2 is 1.45 bits per heavy atom. The molecule has 1 aromatic rings. The first kappa shape index (κ1) is 15.1. The first-order valence-corrected chi connectivity index (χ1v) is 8.05. The molecule has 0 N–H and O–H groups in total. The van der Waals surface area contributed by atoms with Crippen LogP contribution in [0, 0.1) is 17.8 Å². The predicted octanol–water partition coefficient (Wildman–Crippen LogP) is 2.49. The number of benzene rings is 1. The van der Waals surface area contributed by atoms with Crippen molar-refractivity contribution in [1.29, 1.82) is 0 Å². The topological polar surface area (TPSA) is 52.6 Å². The fourth-order valence-electron chi connectivity index (χ4n) is 3.87. The van der Waals surface area contributed by atoms with Crippen LogP contribution in [0.3, 0.4) is 0 Å². The number of esters is 2. The minimum atomic E-state index is -0.370. The minimum absolute atomic E-state index is 0.0538. The standard InChI is InChI=1S/C18H22O4/c1-4-11-7-9-12(10-8-11)18-13(14(18)16(19)21-5-2)15(18)17(20)22-6-3/h7-10,13-15H,4-6H2,1-3H3/t13?,14-,15?,18?/m0/s1. The van der Waals surface area contributed by atoms with Crippen molar-refractivity contribution in [3.63, 3.8) is 0 Å². The summed E-state index contributed by atoms with van der Waals surface area (Å²) < 4.78 is 10.3. The number of aryl methyl sites for hydroxylation is 1. The third-order valence-corrected chi connectivity index (χ3v) is 5.02. The molecule has 3 rings (SSSR count). The van der Waals surface area contributed by atoms with Gasteiger partial charge in [-0.2, -0.15) is 0 Å². The van der Waals surface area contributed by atoms with Gasteiger partial charge >= 0.3 is 11.9 Å². The summed E-state index contributed by atoms with van der Waals surface area (Å²) in [5.41, 5.74) is 1.94. The van der Waals surface area contributed by atoms with Gasteiger partial charge < -0.3 is 9.47 Å². The van der Waals surface area contributed by atoms with Gasteiger partial charge in [0.25, 0.3) is 0 Å². The highest BCUT2D eigenvalue weighted by atomic mass is 16.5. The molecule has 118 valence electrons. The minimum Gasteiger partial charge on any atom is -0.466 e. The maximum Gasteiger partial charge on any atom is 0.310 e. The molecule has 0 heterocycles. The molecular weight excluding hydrogens is 280 g/mol. The van der Waals surface area contributed by atoms with E-state index in [1.165, 1.54) is 5.56 Å². The number of carbonyl (C=O) groups is 2. The molecule has 4 atom stereocenters. The number of carbonyl (C=O) groups excluding carboxylic acids is 2. The fraction of sp³-hybridized carbons (Fsp3) is 0.556. The van der Waals surface area contributed by atoms with E-state index in [0.717, 1.165) is 12.0 Å². The number of ether oxygens (including phenoxy) is 2. The number of hydrogen-bond acceptors (Lipinski definition) is 4. The predicted molar refractivity (Wildman–Crippen MR) is 81.2 cm³/mol. The maximum atomic E-state index is 12.1. The zero-order chi connectivity index (χ0) is 15.9. The van der Waals surface area contributed by atoms with Gasteiger partial charge in [-0.3, -0.25) is 9.59 Å². The Morgan fingerprint density at radius 1 is 0.955 bits per heavy atom. The number of fused-ring (bicyclic) bond motifs is 1. The summed E-state index contributed by atoms with van der Waals surface area (Å²) in [7, 11) is 0. The van der Waals surface area contributed by atoms with E-state index in [0.29, 0.717) is 13.2 Å². The van der Waals surface area contributed by atoms with E-state index in [9.17, 15) is 9.59 Å². The SMILES string of the molecule is CCOC(=O)C1C2[C@@H](C(=O)OCC)C12c1ccc(CC)cc1. The van der Waals surface area contributed by atoms with Crippen molar-refractivity contribution in [1.82, 2.24) is 0 Å². The van der Waals surface area contributed by atoms with Gasteiger partial charge in [0.1, 0.15) is 0 Å². The van der Waals surface area contributed by atoms with Gasteiger partial charge in [-0.05, 0) is 37.3 Å². The van der Waals surface area contributed by atoms with Crippen molar-refractivity contribution >= 4 is 11.9 Å². The Bertz CT molecular complexity index is 564. The summed E-state index contributed by atoms with van der Waals surface area (Å²) in [5.74, 6) is -0.693. The van der Waals surface area contributed by atoms with Crippen molar-refractivity contribution in [2.75, 3.05) is 13.2 Å². The van der Waals surface area contributed by atoms with Crippen LogP contribution in [0.5, 0.6) is 0 Å². The second-order valence-electron chi connectivity index (χ2n) is 5.97. The zero-order valence-corrected chi connectivity index (χ0v) is 13.3. The van der Waals surface area contributed by atoms with Gasteiger partial charge in [-0.25, -0.2) is 0 Å². The van der Waals surface area contributed by atoms with Crippen molar-refractivity contribution < 1.29 is 19.1 Å². The zero-order valence-electron chi connectivity index (χ0n) is 13.3. The normalized spacial score (nSPS) is 31.1. The van der Waals surface area contributed by atoms with Crippen molar-refractivity contribution in [2.24, 2.45) is 17.8 Å². The molecule has 2 fully saturated rings. The molecule has 3 unspecified atom stereocenters. The molecular formula is C18H22O4. The molecule has 2 aliphatic rings. The summed E-state index contributed by atoms with van der Waals surface area (Å²) in [5, 5.41) is 0. The molecule has 2 saturated carbocycles. The first-order chi connectivity index (χ1) is 10.6. The Morgan fingerprint density at radius 3 is 1.86 bits per heavy atom. The lowest BCUT2D eigenvalue weighted by Gasteiger charge is -2.18. The third kappa shape index (κ3) is 1.97. The lowest BCUT2D eigenvalue weighted by atomic mass is 9.89. The summed E-state index contributed by atoms with van der Waals surface area (Å²) in [6, 6.07) is 8.24. The van der Waals surface area contributed by atoms with Gasteiger partial charge in [-0.15, -0.1) is 0 Å². The molecule has 4 heteroatoms.